The van der Waals surface area contributed by atoms with Gasteiger partial charge in [-0.05, 0) is 38.2 Å². The monoisotopic (exact) mass is 310 g/mol. The van der Waals surface area contributed by atoms with Gasteiger partial charge >= 0.3 is 0 Å². The number of benzene rings is 1. The Balaban J connectivity index is 2.20. The van der Waals surface area contributed by atoms with Gasteiger partial charge in [-0.3, -0.25) is 9.89 Å². The zero-order chi connectivity index (χ0) is 14.7. The van der Waals surface area contributed by atoms with Crippen molar-refractivity contribution in [1.29, 1.82) is 0 Å². The predicted octanol–water partition coefficient (Wildman–Crippen LogP) is 3.10. The molecule has 1 amide bonds. The van der Waals surface area contributed by atoms with E-state index < -0.39 is 0 Å². The molecule has 0 aliphatic carbocycles. The van der Waals surface area contributed by atoms with Crippen molar-refractivity contribution in [3.05, 3.63) is 45.4 Å². The normalized spacial score (nSPS) is 12.2. The van der Waals surface area contributed by atoms with Gasteiger partial charge in [0.15, 0.2) is 10.6 Å². The third-order valence-electron chi connectivity index (χ3n) is 2.96. The molecule has 1 aromatic carbocycles. The van der Waals surface area contributed by atoms with Gasteiger partial charge in [-0.2, -0.15) is 5.10 Å². The second-order valence-corrected chi connectivity index (χ2v) is 5.10. The second kappa shape index (κ2) is 6.19. The third-order valence-corrected chi connectivity index (χ3v) is 3.60. The zero-order valence-electron chi connectivity index (χ0n) is 11.2. The molecular formula is C13H15ClN4OS. The zero-order valence-corrected chi connectivity index (χ0v) is 12.8. The van der Waals surface area contributed by atoms with Crippen LogP contribution in [0, 0.1) is 4.77 Å². The number of carbonyl (C=O) groups excluding carboxylic acids is 1. The number of aromatic nitrogens is 3. The highest BCUT2D eigenvalue weighted by atomic mass is 35.5. The van der Waals surface area contributed by atoms with Gasteiger partial charge in [0.05, 0.1) is 16.6 Å². The van der Waals surface area contributed by atoms with E-state index >= 15 is 0 Å². The maximum atomic E-state index is 12.2. The van der Waals surface area contributed by atoms with Gasteiger partial charge in [-0.25, -0.2) is 0 Å². The minimum absolute atomic E-state index is 0.236. The first-order valence-corrected chi connectivity index (χ1v) is 7.03. The molecule has 0 fully saturated rings. The fourth-order valence-electron chi connectivity index (χ4n) is 1.95. The van der Waals surface area contributed by atoms with Crippen molar-refractivity contribution in [2.45, 2.75) is 26.4 Å². The quantitative estimate of drug-likeness (QED) is 0.853. The van der Waals surface area contributed by atoms with Crippen LogP contribution < -0.4 is 5.32 Å². The minimum atomic E-state index is -0.272. The van der Waals surface area contributed by atoms with E-state index in [1.54, 1.807) is 24.3 Å². The summed E-state index contributed by atoms with van der Waals surface area (Å²) in [7, 11) is 0. The molecule has 1 aromatic heterocycles. The Kier molecular flexibility index (Phi) is 4.57. The van der Waals surface area contributed by atoms with Crippen LogP contribution in [0.2, 0.25) is 5.02 Å². The number of halogens is 1. The van der Waals surface area contributed by atoms with Crippen LogP contribution in [0.25, 0.3) is 0 Å². The summed E-state index contributed by atoms with van der Waals surface area (Å²) < 4.78 is 2.38. The van der Waals surface area contributed by atoms with Crippen LogP contribution in [0.5, 0.6) is 0 Å². The Bertz CT molecular complexity index is 679. The van der Waals surface area contributed by atoms with Crippen LogP contribution in [0.4, 0.5) is 0 Å². The third kappa shape index (κ3) is 2.91. The number of nitrogens with zero attached hydrogens (tertiary/aromatic N) is 2. The Morgan fingerprint density at radius 3 is 2.90 bits per heavy atom. The summed E-state index contributed by atoms with van der Waals surface area (Å²) in [5, 5.41) is 10.2. The van der Waals surface area contributed by atoms with Crippen LogP contribution in [0.15, 0.2) is 24.3 Å². The molecule has 2 N–H and O–H groups in total. The van der Waals surface area contributed by atoms with Crippen LogP contribution in [-0.4, -0.2) is 20.7 Å². The number of H-pyrrole nitrogens is 1. The standard InChI is InChI=1S/C13H15ClN4OS/c1-3-18-11(16-17-13(18)20)8(2)15-12(19)9-6-4-5-7-10(9)14/h4-8H,3H2,1-2H3,(H,15,19)(H,17,20)/t8-/m0/s1. The average molecular weight is 311 g/mol. The molecule has 0 unspecified atom stereocenters. The number of hydrogen-bond donors (Lipinski definition) is 2. The van der Waals surface area contributed by atoms with Crippen molar-refractivity contribution in [1.82, 2.24) is 20.1 Å². The van der Waals surface area contributed by atoms with Crippen LogP contribution in [0.3, 0.4) is 0 Å². The Morgan fingerprint density at radius 2 is 2.25 bits per heavy atom. The molecule has 7 heteroatoms. The van der Waals surface area contributed by atoms with Crippen LogP contribution in [-0.2, 0) is 6.54 Å². The highest BCUT2D eigenvalue weighted by Crippen LogP contribution is 2.17. The van der Waals surface area contributed by atoms with E-state index in [0.717, 1.165) is 0 Å². The lowest BCUT2D eigenvalue weighted by Gasteiger charge is -2.14. The fraction of sp³-hybridized carbons (Fsp3) is 0.308. The van der Waals surface area contributed by atoms with Crippen molar-refractivity contribution in [3.63, 3.8) is 0 Å². The van der Waals surface area contributed by atoms with Crippen LogP contribution in [0.1, 0.15) is 36.1 Å². The average Bonchev–Trinajstić information content (AvgIpc) is 2.80. The molecule has 0 bridgehead atoms. The Morgan fingerprint density at radius 1 is 1.55 bits per heavy atom. The van der Waals surface area contributed by atoms with Gasteiger partial charge in [0, 0.05) is 6.54 Å². The van der Waals surface area contributed by atoms with Gasteiger partial charge in [-0.15, -0.1) is 0 Å². The molecule has 0 saturated carbocycles. The minimum Gasteiger partial charge on any atom is -0.342 e. The first-order valence-electron chi connectivity index (χ1n) is 6.25. The smallest absolute Gasteiger partial charge is 0.253 e. The predicted molar refractivity (Wildman–Crippen MR) is 80.4 cm³/mol. The summed E-state index contributed by atoms with van der Waals surface area (Å²) in [4.78, 5) is 12.2. The maximum Gasteiger partial charge on any atom is 0.253 e. The van der Waals surface area contributed by atoms with E-state index in [9.17, 15) is 4.79 Å². The topological polar surface area (TPSA) is 62.7 Å². The number of amides is 1. The van der Waals surface area contributed by atoms with Crippen molar-refractivity contribution in [3.8, 4) is 0 Å². The van der Waals surface area contributed by atoms with Crippen molar-refractivity contribution >= 4 is 29.7 Å². The molecule has 2 rings (SSSR count). The van der Waals surface area contributed by atoms with E-state index in [1.165, 1.54) is 0 Å². The van der Waals surface area contributed by atoms with Gasteiger partial charge in [0.25, 0.3) is 5.91 Å². The molecule has 1 atom stereocenters. The van der Waals surface area contributed by atoms with Crippen molar-refractivity contribution < 1.29 is 4.79 Å². The number of aromatic amines is 1. The molecule has 0 aliphatic heterocycles. The molecule has 1 heterocycles. The molecular weight excluding hydrogens is 296 g/mol. The summed E-state index contributed by atoms with van der Waals surface area (Å²) >= 11 is 11.1. The van der Waals surface area contributed by atoms with Gasteiger partial charge in [-0.1, -0.05) is 23.7 Å². The van der Waals surface area contributed by atoms with Gasteiger partial charge < -0.3 is 9.88 Å². The molecule has 106 valence electrons. The molecule has 20 heavy (non-hydrogen) atoms. The second-order valence-electron chi connectivity index (χ2n) is 4.31. The largest absolute Gasteiger partial charge is 0.342 e. The molecule has 0 radical (unpaired) electrons. The van der Waals surface area contributed by atoms with Gasteiger partial charge in [0.2, 0.25) is 0 Å². The number of carbonyl (C=O) groups is 1. The number of rotatable bonds is 4. The summed E-state index contributed by atoms with van der Waals surface area (Å²) in [6.07, 6.45) is 0. The molecule has 5 nitrogen and oxygen atoms in total. The van der Waals surface area contributed by atoms with E-state index in [-0.39, 0.29) is 11.9 Å². The van der Waals surface area contributed by atoms with Crippen molar-refractivity contribution in [2.24, 2.45) is 0 Å². The first-order chi connectivity index (χ1) is 9.54. The van der Waals surface area contributed by atoms with Crippen LogP contribution >= 0.6 is 23.8 Å². The lowest BCUT2D eigenvalue weighted by atomic mass is 10.2. The Labute approximate surface area is 127 Å². The molecule has 0 spiro atoms. The summed E-state index contributed by atoms with van der Waals surface area (Å²) in [6.45, 7) is 4.51. The van der Waals surface area contributed by atoms with E-state index in [4.69, 9.17) is 23.8 Å². The number of hydrogen-bond acceptors (Lipinski definition) is 3. The van der Waals surface area contributed by atoms with E-state index in [1.807, 2.05) is 18.4 Å². The summed E-state index contributed by atoms with van der Waals surface area (Å²) in [5.74, 6) is 0.456. The van der Waals surface area contributed by atoms with E-state index in [0.29, 0.717) is 27.7 Å². The lowest BCUT2D eigenvalue weighted by molar-refractivity contribution is 0.0937. The summed E-state index contributed by atoms with van der Waals surface area (Å²) in [6, 6.07) is 6.65. The van der Waals surface area contributed by atoms with Gasteiger partial charge in [0.1, 0.15) is 0 Å². The molecule has 2 aromatic rings. The molecule has 0 saturated heterocycles. The fourth-order valence-corrected chi connectivity index (χ4v) is 2.44. The summed E-state index contributed by atoms with van der Waals surface area (Å²) in [5.41, 5.74) is 0.443. The Hall–Kier alpha value is -1.66. The molecule has 0 aliphatic rings. The highest BCUT2D eigenvalue weighted by molar-refractivity contribution is 7.71. The first kappa shape index (κ1) is 14.7. The van der Waals surface area contributed by atoms with Crippen molar-refractivity contribution in [2.75, 3.05) is 0 Å². The highest BCUT2D eigenvalue weighted by Gasteiger charge is 2.17. The SMILES string of the molecule is CCn1c([C@H](C)NC(=O)c2ccccc2Cl)n[nH]c1=S. The lowest BCUT2D eigenvalue weighted by Crippen LogP contribution is -2.29. The maximum absolute atomic E-state index is 12.2. The van der Waals surface area contributed by atoms with E-state index in [2.05, 4.69) is 15.5 Å². The number of nitrogens with one attached hydrogen (secondary N) is 2.